The van der Waals surface area contributed by atoms with Gasteiger partial charge in [-0.05, 0) is 31.6 Å². The summed E-state index contributed by atoms with van der Waals surface area (Å²) in [5.74, 6) is 0.983. The average Bonchev–Trinajstić information content (AvgIpc) is 2.60. The molecule has 24 heavy (non-hydrogen) atoms. The molecule has 0 amide bonds. The van der Waals surface area contributed by atoms with Crippen molar-refractivity contribution in [2.75, 3.05) is 39.6 Å². The number of thioether (sulfide) groups is 1. The standard InChI is InChI=1S/C18H29N3OS.HI/c1-4-19-17(21(2)14-16-8-6-5-7-9-16)20-15-18(23-3)10-12-22-13-11-18;/h5-9H,4,10-15H2,1-3H3,(H,19,20);1H. The van der Waals surface area contributed by atoms with Crippen LogP contribution in [0.1, 0.15) is 25.3 Å². The van der Waals surface area contributed by atoms with Crippen molar-refractivity contribution in [3.05, 3.63) is 35.9 Å². The van der Waals surface area contributed by atoms with E-state index in [0.29, 0.717) is 0 Å². The maximum atomic E-state index is 5.52. The predicted octanol–water partition coefficient (Wildman–Crippen LogP) is 3.61. The van der Waals surface area contributed by atoms with Gasteiger partial charge in [0.1, 0.15) is 0 Å². The monoisotopic (exact) mass is 463 g/mol. The number of aliphatic imine (C=N–C) groups is 1. The van der Waals surface area contributed by atoms with E-state index >= 15 is 0 Å². The number of benzene rings is 1. The average molecular weight is 463 g/mol. The fourth-order valence-electron chi connectivity index (χ4n) is 2.79. The largest absolute Gasteiger partial charge is 0.381 e. The van der Waals surface area contributed by atoms with Crippen molar-refractivity contribution in [1.29, 1.82) is 0 Å². The molecule has 136 valence electrons. The van der Waals surface area contributed by atoms with Gasteiger partial charge in [0.15, 0.2) is 5.96 Å². The highest BCUT2D eigenvalue weighted by atomic mass is 127. The van der Waals surface area contributed by atoms with Crippen molar-refractivity contribution in [2.45, 2.75) is 31.1 Å². The van der Waals surface area contributed by atoms with Crippen LogP contribution in [-0.4, -0.2) is 55.2 Å². The van der Waals surface area contributed by atoms with E-state index in [1.807, 2.05) is 11.8 Å². The zero-order valence-electron chi connectivity index (χ0n) is 15.0. The molecule has 0 saturated carbocycles. The second kappa shape index (κ2) is 11.2. The van der Waals surface area contributed by atoms with Gasteiger partial charge < -0.3 is 15.0 Å². The zero-order chi connectivity index (χ0) is 16.5. The van der Waals surface area contributed by atoms with Gasteiger partial charge in [-0.3, -0.25) is 4.99 Å². The third-order valence-corrected chi connectivity index (χ3v) is 5.72. The van der Waals surface area contributed by atoms with E-state index < -0.39 is 0 Å². The maximum Gasteiger partial charge on any atom is 0.194 e. The van der Waals surface area contributed by atoms with Crippen molar-refractivity contribution in [3.63, 3.8) is 0 Å². The summed E-state index contributed by atoms with van der Waals surface area (Å²) in [4.78, 5) is 7.13. The highest BCUT2D eigenvalue weighted by molar-refractivity contribution is 14.0. The number of hydrogen-bond acceptors (Lipinski definition) is 3. The molecule has 6 heteroatoms. The lowest BCUT2D eigenvalue weighted by atomic mass is 9.99. The van der Waals surface area contributed by atoms with Crippen LogP contribution in [0.2, 0.25) is 0 Å². The minimum Gasteiger partial charge on any atom is -0.381 e. The summed E-state index contributed by atoms with van der Waals surface area (Å²) in [5, 5.41) is 3.42. The first-order chi connectivity index (χ1) is 11.2. The first kappa shape index (κ1) is 21.6. The quantitative estimate of drug-likeness (QED) is 0.397. The van der Waals surface area contributed by atoms with E-state index in [4.69, 9.17) is 9.73 Å². The number of guanidine groups is 1. The predicted molar refractivity (Wildman–Crippen MR) is 116 cm³/mol. The smallest absolute Gasteiger partial charge is 0.194 e. The Hall–Kier alpha value is -0.470. The van der Waals surface area contributed by atoms with Gasteiger partial charge in [0.05, 0.1) is 6.54 Å². The maximum absolute atomic E-state index is 5.52. The molecule has 0 aromatic heterocycles. The van der Waals surface area contributed by atoms with Gasteiger partial charge in [0, 0.05) is 38.1 Å². The van der Waals surface area contributed by atoms with Gasteiger partial charge in [0.25, 0.3) is 0 Å². The van der Waals surface area contributed by atoms with Gasteiger partial charge >= 0.3 is 0 Å². The molecule has 1 aromatic rings. The molecular formula is C18H30IN3OS. The molecule has 0 aliphatic carbocycles. The normalized spacial score (nSPS) is 17.0. The van der Waals surface area contributed by atoms with Crippen LogP contribution in [0.25, 0.3) is 0 Å². The molecular weight excluding hydrogens is 433 g/mol. The van der Waals surface area contributed by atoms with Crippen LogP contribution in [0, 0.1) is 0 Å². The highest BCUT2D eigenvalue weighted by Crippen LogP contribution is 2.34. The van der Waals surface area contributed by atoms with Gasteiger partial charge in [-0.15, -0.1) is 24.0 Å². The van der Waals surface area contributed by atoms with Crippen LogP contribution >= 0.6 is 35.7 Å². The third-order valence-electron chi connectivity index (χ3n) is 4.31. The summed E-state index contributed by atoms with van der Waals surface area (Å²) in [7, 11) is 2.10. The summed E-state index contributed by atoms with van der Waals surface area (Å²) in [6.07, 6.45) is 4.36. The Morgan fingerprint density at radius 3 is 2.54 bits per heavy atom. The van der Waals surface area contributed by atoms with E-state index in [9.17, 15) is 0 Å². The fourth-order valence-corrected chi connectivity index (χ4v) is 3.56. The highest BCUT2D eigenvalue weighted by Gasteiger charge is 2.31. The summed E-state index contributed by atoms with van der Waals surface area (Å²) in [6, 6.07) is 10.5. The molecule has 1 saturated heterocycles. The second-order valence-corrected chi connectivity index (χ2v) is 7.29. The Bertz CT molecular complexity index is 492. The van der Waals surface area contributed by atoms with E-state index in [0.717, 1.165) is 51.6 Å². The number of hydrogen-bond donors (Lipinski definition) is 1. The van der Waals surface area contributed by atoms with E-state index in [1.54, 1.807) is 0 Å². The summed E-state index contributed by atoms with van der Waals surface area (Å²) in [6.45, 7) is 6.42. The van der Waals surface area contributed by atoms with Crippen LogP contribution in [0.3, 0.4) is 0 Å². The Morgan fingerprint density at radius 1 is 1.29 bits per heavy atom. The minimum atomic E-state index is 0. The lowest BCUT2D eigenvalue weighted by Crippen LogP contribution is -2.41. The number of rotatable bonds is 6. The number of ether oxygens (including phenoxy) is 1. The first-order valence-corrected chi connectivity index (χ1v) is 9.58. The van der Waals surface area contributed by atoms with Crippen molar-refractivity contribution in [1.82, 2.24) is 10.2 Å². The molecule has 0 spiro atoms. The summed E-state index contributed by atoms with van der Waals surface area (Å²) in [5.41, 5.74) is 1.30. The lowest BCUT2D eigenvalue weighted by molar-refractivity contribution is 0.0793. The molecule has 1 fully saturated rings. The molecule has 2 rings (SSSR count). The molecule has 0 unspecified atom stereocenters. The third kappa shape index (κ3) is 6.44. The van der Waals surface area contributed by atoms with Gasteiger partial charge in [-0.25, -0.2) is 0 Å². The molecule has 0 atom stereocenters. The Labute approximate surface area is 167 Å². The molecule has 1 aliphatic rings. The van der Waals surface area contributed by atoms with Crippen LogP contribution in [0.5, 0.6) is 0 Å². The van der Waals surface area contributed by atoms with Crippen LogP contribution in [-0.2, 0) is 11.3 Å². The van der Waals surface area contributed by atoms with E-state index in [-0.39, 0.29) is 28.7 Å². The Balaban J connectivity index is 0.00000288. The van der Waals surface area contributed by atoms with Crippen molar-refractivity contribution in [2.24, 2.45) is 4.99 Å². The van der Waals surface area contributed by atoms with Crippen molar-refractivity contribution < 1.29 is 4.74 Å². The van der Waals surface area contributed by atoms with Crippen molar-refractivity contribution >= 4 is 41.7 Å². The molecule has 0 bridgehead atoms. The Kier molecular flexibility index (Phi) is 10.1. The number of halogens is 1. The SMILES string of the molecule is CCNC(=NCC1(SC)CCOCC1)N(C)Cc1ccccc1.I. The topological polar surface area (TPSA) is 36.9 Å². The zero-order valence-corrected chi connectivity index (χ0v) is 18.1. The number of nitrogens with one attached hydrogen (secondary N) is 1. The first-order valence-electron chi connectivity index (χ1n) is 8.35. The van der Waals surface area contributed by atoms with Gasteiger partial charge in [0.2, 0.25) is 0 Å². The summed E-state index contributed by atoms with van der Waals surface area (Å²) < 4.78 is 5.75. The second-order valence-electron chi connectivity index (χ2n) is 6.01. The Morgan fingerprint density at radius 2 is 1.96 bits per heavy atom. The number of nitrogens with zero attached hydrogens (tertiary/aromatic N) is 2. The van der Waals surface area contributed by atoms with Gasteiger partial charge in [-0.2, -0.15) is 11.8 Å². The molecule has 1 aliphatic heterocycles. The molecule has 1 heterocycles. The van der Waals surface area contributed by atoms with Crippen LogP contribution < -0.4 is 5.32 Å². The summed E-state index contributed by atoms with van der Waals surface area (Å²) >= 11 is 1.94. The lowest BCUT2D eigenvalue weighted by Gasteiger charge is -2.34. The van der Waals surface area contributed by atoms with Gasteiger partial charge in [-0.1, -0.05) is 30.3 Å². The molecule has 1 aromatic carbocycles. The van der Waals surface area contributed by atoms with Crippen LogP contribution in [0.15, 0.2) is 35.3 Å². The van der Waals surface area contributed by atoms with E-state index in [1.165, 1.54) is 5.56 Å². The molecule has 1 N–H and O–H groups in total. The van der Waals surface area contributed by atoms with Crippen LogP contribution in [0.4, 0.5) is 0 Å². The molecule has 4 nitrogen and oxygen atoms in total. The molecule has 0 radical (unpaired) electrons. The fraction of sp³-hybridized carbons (Fsp3) is 0.611. The van der Waals surface area contributed by atoms with E-state index in [2.05, 4.69) is 60.8 Å². The minimum absolute atomic E-state index is 0. The van der Waals surface area contributed by atoms with Crippen molar-refractivity contribution in [3.8, 4) is 0 Å².